The molecule has 2 aliphatic rings. The standard InChI is InChI=1S/C19H24N4/c1-22-9-11-23(12-10-22)17-4-5-18-15(13-17)6-8-21-19(18)16-3-2-7-20-14-16/h2-5,7,13-14,19,21H,6,8-12H2,1H3. The van der Waals surface area contributed by atoms with Crippen molar-refractivity contribution in [3.05, 3.63) is 59.4 Å². The Hall–Kier alpha value is -1.91. The summed E-state index contributed by atoms with van der Waals surface area (Å²) in [4.78, 5) is 9.19. The monoisotopic (exact) mass is 308 g/mol. The zero-order valence-electron chi connectivity index (χ0n) is 13.7. The molecule has 1 atom stereocenters. The lowest BCUT2D eigenvalue weighted by Gasteiger charge is -2.35. The van der Waals surface area contributed by atoms with E-state index in [9.17, 15) is 0 Å². The molecule has 1 saturated heterocycles. The molecule has 0 aliphatic carbocycles. The van der Waals surface area contributed by atoms with Crippen LogP contribution >= 0.6 is 0 Å². The van der Waals surface area contributed by atoms with Crippen LogP contribution in [-0.4, -0.2) is 49.7 Å². The highest BCUT2D eigenvalue weighted by Crippen LogP contribution is 2.31. The quantitative estimate of drug-likeness (QED) is 0.920. The van der Waals surface area contributed by atoms with Gasteiger partial charge < -0.3 is 15.1 Å². The number of hydrogen-bond acceptors (Lipinski definition) is 4. The Balaban J connectivity index is 1.61. The van der Waals surface area contributed by atoms with E-state index in [0.29, 0.717) is 0 Å². The molecule has 3 heterocycles. The summed E-state index contributed by atoms with van der Waals surface area (Å²) in [5.41, 5.74) is 5.51. The number of nitrogens with one attached hydrogen (secondary N) is 1. The van der Waals surface area contributed by atoms with E-state index in [1.54, 1.807) is 0 Å². The number of anilines is 1. The van der Waals surface area contributed by atoms with Crippen LogP contribution in [0, 0.1) is 0 Å². The van der Waals surface area contributed by atoms with Gasteiger partial charge >= 0.3 is 0 Å². The minimum Gasteiger partial charge on any atom is -0.369 e. The molecule has 1 N–H and O–H groups in total. The Morgan fingerprint density at radius 3 is 2.78 bits per heavy atom. The predicted molar refractivity (Wildman–Crippen MR) is 93.9 cm³/mol. The second kappa shape index (κ2) is 6.30. The van der Waals surface area contributed by atoms with E-state index in [1.165, 1.54) is 22.4 Å². The summed E-state index contributed by atoms with van der Waals surface area (Å²) in [6.45, 7) is 5.58. The van der Waals surface area contributed by atoms with E-state index in [-0.39, 0.29) is 6.04 Å². The zero-order chi connectivity index (χ0) is 15.6. The van der Waals surface area contributed by atoms with Crippen LogP contribution in [-0.2, 0) is 6.42 Å². The molecule has 4 rings (SSSR count). The van der Waals surface area contributed by atoms with E-state index < -0.39 is 0 Å². The van der Waals surface area contributed by atoms with Gasteiger partial charge in [-0.2, -0.15) is 0 Å². The number of aromatic nitrogens is 1. The van der Waals surface area contributed by atoms with Gasteiger partial charge in [-0.15, -0.1) is 0 Å². The summed E-state index contributed by atoms with van der Waals surface area (Å²) in [5, 5.41) is 3.64. The van der Waals surface area contributed by atoms with Crippen LogP contribution in [0.2, 0.25) is 0 Å². The molecule has 120 valence electrons. The molecule has 0 radical (unpaired) electrons. The largest absolute Gasteiger partial charge is 0.369 e. The fourth-order valence-corrected chi connectivity index (χ4v) is 3.66. The number of nitrogens with zero attached hydrogens (tertiary/aromatic N) is 3. The van der Waals surface area contributed by atoms with E-state index in [4.69, 9.17) is 0 Å². The molecule has 1 unspecified atom stereocenters. The van der Waals surface area contributed by atoms with Gasteiger partial charge in [0.1, 0.15) is 0 Å². The Bertz CT molecular complexity index is 662. The Morgan fingerprint density at radius 1 is 1.13 bits per heavy atom. The van der Waals surface area contributed by atoms with Crippen molar-refractivity contribution in [1.82, 2.24) is 15.2 Å². The molecule has 4 nitrogen and oxygen atoms in total. The molecule has 0 saturated carbocycles. The molecule has 1 aromatic heterocycles. The first-order valence-corrected chi connectivity index (χ1v) is 8.51. The van der Waals surface area contributed by atoms with Crippen molar-refractivity contribution in [2.75, 3.05) is 44.7 Å². The van der Waals surface area contributed by atoms with E-state index in [1.807, 2.05) is 18.5 Å². The van der Waals surface area contributed by atoms with Crippen molar-refractivity contribution >= 4 is 5.69 Å². The molecule has 0 amide bonds. The molecule has 1 fully saturated rings. The summed E-state index contributed by atoms with van der Waals surface area (Å²) >= 11 is 0. The maximum absolute atomic E-state index is 4.28. The highest BCUT2D eigenvalue weighted by molar-refractivity contribution is 5.54. The number of pyridine rings is 1. The molecule has 0 spiro atoms. The number of likely N-dealkylation sites (N-methyl/N-ethyl adjacent to an activating group) is 1. The first kappa shape index (κ1) is 14.7. The van der Waals surface area contributed by atoms with Gasteiger partial charge in [-0.3, -0.25) is 4.98 Å². The lowest BCUT2D eigenvalue weighted by atomic mass is 9.90. The maximum Gasteiger partial charge on any atom is 0.0594 e. The first-order valence-electron chi connectivity index (χ1n) is 8.51. The fraction of sp³-hybridized carbons (Fsp3) is 0.421. The maximum atomic E-state index is 4.28. The van der Waals surface area contributed by atoms with E-state index >= 15 is 0 Å². The third-order valence-corrected chi connectivity index (χ3v) is 5.07. The van der Waals surface area contributed by atoms with Crippen LogP contribution < -0.4 is 10.2 Å². The Labute approximate surface area is 138 Å². The summed E-state index contributed by atoms with van der Waals surface area (Å²) in [6.07, 6.45) is 4.92. The van der Waals surface area contributed by atoms with Crippen molar-refractivity contribution in [2.45, 2.75) is 12.5 Å². The minimum absolute atomic E-state index is 0.272. The third kappa shape index (κ3) is 2.96. The number of piperazine rings is 1. The van der Waals surface area contributed by atoms with Gasteiger partial charge in [-0.1, -0.05) is 12.1 Å². The van der Waals surface area contributed by atoms with Gasteiger partial charge in [0.15, 0.2) is 0 Å². The number of benzene rings is 1. The summed E-state index contributed by atoms with van der Waals surface area (Å²) in [7, 11) is 2.20. The molecular formula is C19H24N4. The average molecular weight is 308 g/mol. The number of hydrogen-bond donors (Lipinski definition) is 1. The molecular weight excluding hydrogens is 284 g/mol. The molecule has 2 aromatic rings. The second-order valence-corrected chi connectivity index (χ2v) is 6.60. The topological polar surface area (TPSA) is 31.4 Å². The smallest absolute Gasteiger partial charge is 0.0594 e. The van der Waals surface area contributed by atoms with E-state index in [2.05, 4.69) is 51.4 Å². The van der Waals surface area contributed by atoms with Crippen LogP contribution in [0.5, 0.6) is 0 Å². The Kier molecular flexibility index (Phi) is 4.02. The van der Waals surface area contributed by atoms with Gasteiger partial charge in [-0.05, 0) is 48.4 Å². The minimum atomic E-state index is 0.272. The molecule has 4 heteroatoms. The lowest BCUT2D eigenvalue weighted by molar-refractivity contribution is 0.313. The van der Waals surface area contributed by atoms with Crippen molar-refractivity contribution in [2.24, 2.45) is 0 Å². The molecule has 0 bridgehead atoms. The van der Waals surface area contributed by atoms with Crippen molar-refractivity contribution in [1.29, 1.82) is 0 Å². The number of rotatable bonds is 2. The van der Waals surface area contributed by atoms with E-state index in [0.717, 1.165) is 39.1 Å². The molecule has 2 aliphatic heterocycles. The van der Waals surface area contributed by atoms with Crippen LogP contribution in [0.15, 0.2) is 42.7 Å². The SMILES string of the molecule is CN1CCN(c2ccc3c(c2)CCNC3c2cccnc2)CC1. The zero-order valence-corrected chi connectivity index (χ0v) is 13.7. The number of fused-ring (bicyclic) bond motifs is 1. The van der Waals surface area contributed by atoms with Gasteiger partial charge in [0, 0.05) is 50.8 Å². The van der Waals surface area contributed by atoms with Gasteiger partial charge in [0.05, 0.1) is 6.04 Å². The molecule has 1 aromatic carbocycles. The fourth-order valence-electron chi connectivity index (χ4n) is 3.66. The Morgan fingerprint density at radius 2 is 2.00 bits per heavy atom. The van der Waals surface area contributed by atoms with Gasteiger partial charge in [-0.25, -0.2) is 0 Å². The highest BCUT2D eigenvalue weighted by Gasteiger charge is 2.23. The van der Waals surface area contributed by atoms with Gasteiger partial charge in [0.2, 0.25) is 0 Å². The summed E-state index contributed by atoms with van der Waals surface area (Å²) in [6, 6.07) is 11.5. The summed E-state index contributed by atoms with van der Waals surface area (Å²) in [5.74, 6) is 0. The van der Waals surface area contributed by atoms with Crippen molar-refractivity contribution in [3.63, 3.8) is 0 Å². The highest BCUT2D eigenvalue weighted by atomic mass is 15.2. The van der Waals surface area contributed by atoms with Gasteiger partial charge in [0.25, 0.3) is 0 Å². The lowest BCUT2D eigenvalue weighted by Crippen LogP contribution is -2.44. The van der Waals surface area contributed by atoms with Crippen LogP contribution in [0.1, 0.15) is 22.7 Å². The average Bonchev–Trinajstić information content (AvgIpc) is 2.62. The first-order chi connectivity index (χ1) is 11.3. The third-order valence-electron chi connectivity index (χ3n) is 5.07. The van der Waals surface area contributed by atoms with Crippen molar-refractivity contribution < 1.29 is 0 Å². The van der Waals surface area contributed by atoms with Crippen LogP contribution in [0.4, 0.5) is 5.69 Å². The molecule has 23 heavy (non-hydrogen) atoms. The predicted octanol–water partition coefficient (Wildman–Crippen LogP) is 2.07. The summed E-state index contributed by atoms with van der Waals surface area (Å²) < 4.78 is 0. The van der Waals surface area contributed by atoms with Crippen LogP contribution in [0.25, 0.3) is 0 Å². The van der Waals surface area contributed by atoms with Crippen molar-refractivity contribution in [3.8, 4) is 0 Å². The van der Waals surface area contributed by atoms with Crippen LogP contribution in [0.3, 0.4) is 0 Å². The second-order valence-electron chi connectivity index (χ2n) is 6.60. The normalized spacial score (nSPS) is 22.0.